The largest absolute Gasteiger partial charge is 0.466 e. The van der Waals surface area contributed by atoms with Crippen LogP contribution in [0.3, 0.4) is 0 Å². The molecule has 0 aliphatic heterocycles. The first-order valence-electron chi connectivity index (χ1n) is 6.34. The fraction of sp³-hybridized carbons (Fsp3) is 0.267. The van der Waals surface area contributed by atoms with Gasteiger partial charge in [0.25, 0.3) is 11.7 Å². The molecule has 0 unspecified atom stereocenters. The third-order valence-electron chi connectivity index (χ3n) is 2.92. The van der Waals surface area contributed by atoms with E-state index in [2.05, 4.69) is 5.32 Å². The predicted octanol–water partition coefficient (Wildman–Crippen LogP) is 4.14. The maximum atomic E-state index is 12.2. The highest BCUT2D eigenvalue weighted by Crippen LogP contribution is 2.25. The summed E-state index contributed by atoms with van der Waals surface area (Å²) >= 11 is 0.456. The summed E-state index contributed by atoms with van der Waals surface area (Å²) in [5.74, 6) is -1.14. The molecule has 21 heavy (non-hydrogen) atoms. The lowest BCUT2D eigenvalue weighted by Crippen LogP contribution is -2.22. The Hall–Kier alpha value is -1.82. The number of furan rings is 1. The van der Waals surface area contributed by atoms with Crippen LogP contribution in [0.1, 0.15) is 27.4 Å². The molecular weight excluding hydrogens is 296 g/mol. The molecule has 2 aromatic rings. The second-order valence-corrected chi connectivity index (χ2v) is 5.59. The van der Waals surface area contributed by atoms with Crippen molar-refractivity contribution in [3.63, 3.8) is 0 Å². The average molecular weight is 311 g/mol. The van der Waals surface area contributed by atoms with Crippen LogP contribution in [0.15, 0.2) is 39.6 Å². The van der Waals surface area contributed by atoms with E-state index in [4.69, 9.17) is 4.42 Å². The highest BCUT2D eigenvalue weighted by Gasteiger charge is 2.10. The van der Waals surface area contributed by atoms with Crippen molar-refractivity contribution in [1.82, 2.24) is 5.32 Å². The van der Waals surface area contributed by atoms with Crippen molar-refractivity contribution in [3.8, 4) is 0 Å². The molecule has 1 aromatic carbocycles. The van der Waals surface area contributed by atoms with Gasteiger partial charge in [0.2, 0.25) is 0 Å². The van der Waals surface area contributed by atoms with Gasteiger partial charge in [-0.1, -0.05) is 11.8 Å². The third-order valence-corrected chi connectivity index (χ3v) is 3.65. The van der Waals surface area contributed by atoms with Crippen LogP contribution >= 0.6 is 11.8 Å². The summed E-state index contributed by atoms with van der Waals surface area (Å²) in [5, 5.41) is 2.78. The summed E-state index contributed by atoms with van der Waals surface area (Å²) in [6.45, 7) is 4.05. The molecule has 6 heteroatoms. The first-order valence-corrected chi connectivity index (χ1v) is 7.22. The molecule has 0 radical (unpaired) electrons. The third kappa shape index (κ3) is 4.32. The van der Waals surface area contributed by atoms with E-state index in [1.807, 2.05) is 19.9 Å². The van der Waals surface area contributed by atoms with Gasteiger partial charge >= 0.3 is 0 Å². The molecule has 1 N–H and O–H groups in total. The van der Waals surface area contributed by atoms with Crippen molar-refractivity contribution < 1.29 is 18.0 Å². The molecule has 2 rings (SSSR count). The average Bonchev–Trinajstić information content (AvgIpc) is 2.74. The van der Waals surface area contributed by atoms with Crippen molar-refractivity contribution in [2.24, 2.45) is 0 Å². The first kappa shape index (κ1) is 15.6. The second kappa shape index (κ2) is 6.76. The SMILES string of the molecule is Cc1cc(CNC(=O)c2ccc(SC(F)F)cc2)c(C)o1. The van der Waals surface area contributed by atoms with Gasteiger partial charge < -0.3 is 9.73 Å². The molecule has 0 fully saturated rings. The number of hydrogen-bond acceptors (Lipinski definition) is 3. The van der Waals surface area contributed by atoms with Gasteiger partial charge in [-0.25, -0.2) is 0 Å². The molecule has 0 aliphatic rings. The van der Waals surface area contributed by atoms with Crippen LogP contribution in [0.5, 0.6) is 0 Å². The van der Waals surface area contributed by atoms with Crippen molar-refractivity contribution in [1.29, 1.82) is 0 Å². The van der Waals surface area contributed by atoms with Crippen molar-refractivity contribution >= 4 is 17.7 Å². The van der Waals surface area contributed by atoms with E-state index in [-0.39, 0.29) is 5.91 Å². The number of halogens is 2. The van der Waals surface area contributed by atoms with Crippen LogP contribution in [-0.2, 0) is 6.54 Å². The number of nitrogens with one attached hydrogen (secondary N) is 1. The molecule has 0 saturated carbocycles. The number of rotatable bonds is 5. The molecule has 3 nitrogen and oxygen atoms in total. The highest BCUT2D eigenvalue weighted by atomic mass is 32.2. The summed E-state index contributed by atoms with van der Waals surface area (Å²) < 4.78 is 29.8. The minimum atomic E-state index is -2.46. The summed E-state index contributed by atoms with van der Waals surface area (Å²) in [6.07, 6.45) is 0. The van der Waals surface area contributed by atoms with Gasteiger partial charge in [-0.2, -0.15) is 8.78 Å². The summed E-state index contributed by atoms with van der Waals surface area (Å²) in [7, 11) is 0. The zero-order chi connectivity index (χ0) is 15.4. The lowest BCUT2D eigenvalue weighted by Gasteiger charge is -2.05. The predicted molar refractivity (Wildman–Crippen MR) is 77.7 cm³/mol. The normalized spacial score (nSPS) is 10.9. The zero-order valence-electron chi connectivity index (χ0n) is 11.7. The Morgan fingerprint density at radius 2 is 1.95 bits per heavy atom. The van der Waals surface area contributed by atoms with Crippen LogP contribution in [0, 0.1) is 13.8 Å². The van der Waals surface area contributed by atoms with Gasteiger partial charge in [-0.15, -0.1) is 0 Å². The molecule has 0 saturated heterocycles. The molecule has 0 aliphatic carbocycles. The number of aryl methyl sites for hydroxylation is 2. The Kier molecular flexibility index (Phi) is 5.01. The van der Waals surface area contributed by atoms with E-state index < -0.39 is 5.76 Å². The highest BCUT2D eigenvalue weighted by molar-refractivity contribution is 7.99. The van der Waals surface area contributed by atoms with Gasteiger partial charge in [0.15, 0.2) is 0 Å². The van der Waals surface area contributed by atoms with E-state index in [1.54, 1.807) is 0 Å². The summed E-state index contributed by atoms with van der Waals surface area (Å²) in [5.41, 5.74) is 1.36. The van der Waals surface area contributed by atoms with Crippen molar-refractivity contribution in [2.45, 2.75) is 31.0 Å². The monoisotopic (exact) mass is 311 g/mol. The van der Waals surface area contributed by atoms with Gasteiger partial charge in [0.05, 0.1) is 0 Å². The number of carbonyl (C=O) groups excluding carboxylic acids is 1. The van der Waals surface area contributed by atoms with Crippen LogP contribution in [0.2, 0.25) is 0 Å². The molecule has 0 atom stereocenters. The quantitative estimate of drug-likeness (QED) is 0.844. The Morgan fingerprint density at radius 1 is 1.29 bits per heavy atom. The second-order valence-electron chi connectivity index (χ2n) is 4.52. The van der Waals surface area contributed by atoms with E-state index in [0.29, 0.717) is 28.8 Å². The lowest BCUT2D eigenvalue weighted by molar-refractivity contribution is 0.0951. The number of carbonyl (C=O) groups is 1. The Morgan fingerprint density at radius 3 is 2.48 bits per heavy atom. The van der Waals surface area contributed by atoms with Crippen LogP contribution in [0.4, 0.5) is 8.78 Å². The maximum Gasteiger partial charge on any atom is 0.288 e. The standard InChI is InChI=1S/C15H15F2NO2S/c1-9-7-12(10(2)20-9)8-18-14(19)11-3-5-13(6-4-11)21-15(16)17/h3-7,15H,8H2,1-2H3,(H,18,19). The Bertz CT molecular complexity index is 623. The van der Waals surface area contributed by atoms with Crippen molar-refractivity contribution in [2.75, 3.05) is 0 Å². The number of benzene rings is 1. The van der Waals surface area contributed by atoms with E-state index in [0.717, 1.165) is 17.1 Å². The number of amides is 1. The van der Waals surface area contributed by atoms with Gasteiger partial charge in [0, 0.05) is 22.6 Å². The van der Waals surface area contributed by atoms with Gasteiger partial charge in [0.1, 0.15) is 11.5 Å². The van der Waals surface area contributed by atoms with Crippen LogP contribution in [0.25, 0.3) is 0 Å². The van der Waals surface area contributed by atoms with E-state index in [1.165, 1.54) is 24.3 Å². The van der Waals surface area contributed by atoms with E-state index >= 15 is 0 Å². The number of alkyl halides is 2. The molecular formula is C15H15F2NO2S. The minimum Gasteiger partial charge on any atom is -0.466 e. The summed E-state index contributed by atoms with van der Waals surface area (Å²) in [6, 6.07) is 7.97. The maximum absolute atomic E-state index is 12.2. The number of thioether (sulfide) groups is 1. The van der Waals surface area contributed by atoms with E-state index in [9.17, 15) is 13.6 Å². The smallest absolute Gasteiger partial charge is 0.288 e. The lowest BCUT2D eigenvalue weighted by atomic mass is 10.2. The number of hydrogen-bond donors (Lipinski definition) is 1. The minimum absolute atomic E-state index is 0.248. The Balaban J connectivity index is 1.95. The van der Waals surface area contributed by atoms with Gasteiger partial charge in [-0.05, 0) is 44.2 Å². The van der Waals surface area contributed by atoms with Crippen molar-refractivity contribution in [3.05, 3.63) is 53.0 Å². The zero-order valence-corrected chi connectivity index (χ0v) is 12.5. The molecule has 0 spiro atoms. The molecule has 1 amide bonds. The Labute approximate surface area is 125 Å². The molecule has 1 aromatic heterocycles. The molecule has 0 bridgehead atoms. The fourth-order valence-corrected chi connectivity index (χ4v) is 2.42. The molecule has 1 heterocycles. The van der Waals surface area contributed by atoms with Gasteiger partial charge in [-0.3, -0.25) is 4.79 Å². The molecule has 112 valence electrons. The van der Waals surface area contributed by atoms with Crippen LogP contribution in [-0.4, -0.2) is 11.7 Å². The summed E-state index contributed by atoms with van der Waals surface area (Å²) in [4.78, 5) is 12.4. The first-order chi connectivity index (χ1) is 9.95. The fourth-order valence-electron chi connectivity index (χ4n) is 1.92. The van der Waals surface area contributed by atoms with Crippen LogP contribution < -0.4 is 5.32 Å². The topological polar surface area (TPSA) is 42.2 Å².